The molecule has 2 aromatic rings. The second kappa shape index (κ2) is 8.24. The number of esters is 1. The van der Waals surface area contributed by atoms with Crippen LogP contribution in [0.3, 0.4) is 0 Å². The predicted molar refractivity (Wildman–Crippen MR) is 98.2 cm³/mol. The molecule has 8 nitrogen and oxygen atoms in total. The third kappa shape index (κ3) is 4.40. The minimum absolute atomic E-state index is 0.0607. The number of ether oxygens (including phenoxy) is 1. The zero-order valence-corrected chi connectivity index (χ0v) is 16.3. The number of hydrogen-bond donors (Lipinski definition) is 1. The van der Waals surface area contributed by atoms with Crippen LogP contribution in [0.1, 0.15) is 32.9 Å². The predicted octanol–water partition coefficient (Wildman–Crippen LogP) is 1.96. The molecule has 1 N–H and O–H groups in total. The topological polar surface area (TPSA) is 106 Å². The highest BCUT2D eigenvalue weighted by molar-refractivity contribution is 7.89. The third-order valence-corrected chi connectivity index (χ3v) is 7.01. The number of nitrogens with zero attached hydrogens (tertiary/aromatic N) is 1. The summed E-state index contributed by atoms with van der Waals surface area (Å²) in [4.78, 5) is 25.7. The van der Waals surface area contributed by atoms with Gasteiger partial charge in [-0.15, -0.1) is 11.3 Å². The molecule has 0 aromatic carbocycles. The molecule has 3 rings (SSSR count). The minimum atomic E-state index is -3.80. The Kier molecular flexibility index (Phi) is 5.98. The molecule has 1 aliphatic rings. The summed E-state index contributed by atoms with van der Waals surface area (Å²) >= 11 is 1.03. The van der Waals surface area contributed by atoms with Crippen molar-refractivity contribution in [3.05, 3.63) is 40.5 Å². The van der Waals surface area contributed by atoms with Crippen LogP contribution in [0.5, 0.6) is 0 Å². The minimum Gasteiger partial charge on any atom is -0.472 e. The lowest BCUT2D eigenvalue weighted by Gasteiger charge is -2.31. The van der Waals surface area contributed by atoms with E-state index in [-0.39, 0.29) is 28.1 Å². The Balaban J connectivity index is 1.55. The number of methoxy groups -OCH3 is 1. The second-order valence-electron chi connectivity index (χ2n) is 6.21. The Bertz CT molecular complexity index is 896. The number of piperidine rings is 1. The van der Waals surface area contributed by atoms with Crippen LogP contribution in [-0.2, 0) is 14.8 Å². The van der Waals surface area contributed by atoms with Gasteiger partial charge in [0.25, 0.3) is 5.91 Å². The van der Waals surface area contributed by atoms with Gasteiger partial charge in [-0.25, -0.2) is 17.9 Å². The highest BCUT2D eigenvalue weighted by Crippen LogP contribution is 2.24. The summed E-state index contributed by atoms with van der Waals surface area (Å²) in [6.45, 7) is 1.37. The van der Waals surface area contributed by atoms with Gasteiger partial charge < -0.3 is 14.1 Å². The van der Waals surface area contributed by atoms with Crippen LogP contribution in [-0.4, -0.2) is 51.9 Å². The Hall–Kier alpha value is -2.17. The highest BCUT2D eigenvalue weighted by atomic mass is 32.2. The van der Waals surface area contributed by atoms with Crippen molar-refractivity contribution in [1.29, 1.82) is 0 Å². The number of rotatable bonds is 6. The first-order valence-corrected chi connectivity index (χ1v) is 10.8. The standard InChI is InChI=1S/C17H20N2O6S2/c1-24-17(21)15-14(5-9-26-15)27(22,23)18-10-12-2-6-19(7-3-12)16(20)13-4-8-25-11-13/h4-5,8-9,11-12,18H,2-3,6-7,10H2,1H3. The zero-order chi connectivity index (χ0) is 19.4. The van der Waals surface area contributed by atoms with Crippen molar-refractivity contribution in [2.24, 2.45) is 5.92 Å². The molecule has 1 amide bonds. The van der Waals surface area contributed by atoms with Crippen LogP contribution in [0.25, 0.3) is 0 Å². The van der Waals surface area contributed by atoms with Crippen LogP contribution in [0, 0.1) is 5.92 Å². The molecule has 1 saturated heterocycles. The van der Waals surface area contributed by atoms with E-state index < -0.39 is 16.0 Å². The van der Waals surface area contributed by atoms with Crippen molar-refractivity contribution in [1.82, 2.24) is 9.62 Å². The lowest BCUT2D eigenvalue weighted by Crippen LogP contribution is -2.41. The quantitative estimate of drug-likeness (QED) is 0.727. The van der Waals surface area contributed by atoms with Crippen molar-refractivity contribution in [2.45, 2.75) is 17.7 Å². The molecule has 1 fully saturated rings. The van der Waals surface area contributed by atoms with E-state index in [2.05, 4.69) is 9.46 Å². The zero-order valence-electron chi connectivity index (χ0n) is 14.7. The Labute approximate surface area is 161 Å². The summed E-state index contributed by atoms with van der Waals surface area (Å²) in [5.41, 5.74) is 0.516. The first kappa shape index (κ1) is 19.6. The molecule has 0 aliphatic carbocycles. The fraction of sp³-hybridized carbons (Fsp3) is 0.412. The molecule has 0 atom stereocenters. The van der Waals surface area contributed by atoms with Gasteiger partial charge in [0.05, 0.1) is 18.9 Å². The normalized spacial score (nSPS) is 15.7. The summed E-state index contributed by atoms with van der Waals surface area (Å²) < 4.78 is 37.2. The summed E-state index contributed by atoms with van der Waals surface area (Å²) in [7, 11) is -2.59. The number of furan rings is 1. The van der Waals surface area contributed by atoms with Gasteiger partial charge in [0.1, 0.15) is 16.0 Å². The molecule has 27 heavy (non-hydrogen) atoms. The number of nitrogens with one attached hydrogen (secondary N) is 1. The lowest BCUT2D eigenvalue weighted by atomic mass is 9.97. The largest absolute Gasteiger partial charge is 0.472 e. The summed E-state index contributed by atoms with van der Waals surface area (Å²) in [5.74, 6) is -0.631. The molecule has 2 aromatic heterocycles. The number of likely N-dealkylation sites (tertiary alicyclic amines) is 1. The molecule has 0 unspecified atom stereocenters. The molecule has 0 radical (unpaired) electrons. The Morgan fingerprint density at radius 3 is 2.70 bits per heavy atom. The monoisotopic (exact) mass is 412 g/mol. The molecule has 0 saturated carbocycles. The average molecular weight is 412 g/mol. The highest BCUT2D eigenvalue weighted by Gasteiger charge is 2.28. The number of sulfonamides is 1. The van der Waals surface area contributed by atoms with Gasteiger partial charge >= 0.3 is 5.97 Å². The fourth-order valence-electron chi connectivity index (χ4n) is 2.96. The molecular weight excluding hydrogens is 392 g/mol. The van der Waals surface area contributed by atoms with E-state index in [1.54, 1.807) is 16.3 Å². The number of carbonyl (C=O) groups is 2. The van der Waals surface area contributed by atoms with Gasteiger partial charge in [0.2, 0.25) is 10.0 Å². The second-order valence-corrected chi connectivity index (χ2v) is 8.86. The summed E-state index contributed by atoms with van der Waals surface area (Å²) in [6, 6.07) is 3.02. The van der Waals surface area contributed by atoms with Gasteiger partial charge in [-0.2, -0.15) is 0 Å². The molecular formula is C17H20N2O6S2. The maximum absolute atomic E-state index is 12.5. The van der Waals surface area contributed by atoms with Gasteiger partial charge in [-0.05, 0) is 36.3 Å². The van der Waals surface area contributed by atoms with Crippen molar-refractivity contribution in [3.8, 4) is 0 Å². The van der Waals surface area contributed by atoms with E-state index in [1.165, 1.54) is 25.7 Å². The Morgan fingerprint density at radius 2 is 2.07 bits per heavy atom. The van der Waals surface area contributed by atoms with Gasteiger partial charge in [0.15, 0.2) is 0 Å². The van der Waals surface area contributed by atoms with Crippen LogP contribution >= 0.6 is 11.3 Å². The first-order valence-electron chi connectivity index (χ1n) is 8.39. The van der Waals surface area contributed by atoms with Crippen molar-refractivity contribution in [3.63, 3.8) is 0 Å². The fourth-order valence-corrected chi connectivity index (χ4v) is 5.41. The molecule has 10 heteroatoms. The van der Waals surface area contributed by atoms with Crippen LogP contribution < -0.4 is 4.72 Å². The van der Waals surface area contributed by atoms with Gasteiger partial charge in [0, 0.05) is 19.6 Å². The number of amides is 1. The molecule has 3 heterocycles. The van der Waals surface area contributed by atoms with E-state index >= 15 is 0 Å². The van der Waals surface area contributed by atoms with Crippen LogP contribution in [0.2, 0.25) is 0 Å². The van der Waals surface area contributed by atoms with Gasteiger partial charge in [-0.3, -0.25) is 4.79 Å². The Morgan fingerprint density at radius 1 is 1.33 bits per heavy atom. The van der Waals surface area contributed by atoms with Crippen LogP contribution in [0.4, 0.5) is 0 Å². The first-order chi connectivity index (χ1) is 12.9. The van der Waals surface area contributed by atoms with E-state index in [4.69, 9.17) is 4.42 Å². The smallest absolute Gasteiger partial charge is 0.349 e. The average Bonchev–Trinajstić information content (AvgIpc) is 3.37. The van der Waals surface area contributed by atoms with E-state index in [1.807, 2.05) is 0 Å². The maximum Gasteiger partial charge on any atom is 0.349 e. The SMILES string of the molecule is COC(=O)c1sccc1S(=O)(=O)NCC1CCN(C(=O)c2ccoc2)CC1. The van der Waals surface area contributed by atoms with Crippen molar-refractivity contribution >= 4 is 33.2 Å². The van der Waals surface area contributed by atoms with E-state index in [9.17, 15) is 18.0 Å². The lowest BCUT2D eigenvalue weighted by molar-refractivity contribution is 0.0601. The molecule has 0 bridgehead atoms. The summed E-state index contributed by atoms with van der Waals surface area (Å²) in [6.07, 6.45) is 4.27. The van der Waals surface area contributed by atoms with Crippen LogP contribution in [0.15, 0.2) is 39.4 Å². The van der Waals surface area contributed by atoms with Gasteiger partial charge in [-0.1, -0.05) is 0 Å². The number of carbonyl (C=O) groups excluding carboxylic acids is 2. The molecule has 146 valence electrons. The van der Waals surface area contributed by atoms with E-state index in [0.29, 0.717) is 31.5 Å². The van der Waals surface area contributed by atoms with Crippen molar-refractivity contribution < 1.29 is 27.2 Å². The molecule has 1 aliphatic heterocycles. The number of hydrogen-bond acceptors (Lipinski definition) is 7. The number of thiophene rings is 1. The van der Waals surface area contributed by atoms with E-state index in [0.717, 1.165) is 11.3 Å². The maximum atomic E-state index is 12.5. The van der Waals surface area contributed by atoms with Crippen molar-refractivity contribution in [2.75, 3.05) is 26.7 Å². The summed E-state index contributed by atoms with van der Waals surface area (Å²) in [5, 5.41) is 1.54. The third-order valence-electron chi connectivity index (χ3n) is 4.52. The molecule has 0 spiro atoms.